The first-order valence-electron chi connectivity index (χ1n) is 11.2. The van der Waals surface area contributed by atoms with E-state index in [9.17, 15) is 0 Å². The van der Waals surface area contributed by atoms with Crippen LogP contribution in [-0.2, 0) is 0 Å². The molecule has 0 aliphatic carbocycles. The molecule has 2 unspecified atom stereocenters. The van der Waals surface area contributed by atoms with Gasteiger partial charge < -0.3 is 0 Å². The van der Waals surface area contributed by atoms with Gasteiger partial charge in [-0.15, -0.1) is 11.8 Å². The molecule has 0 aromatic heterocycles. The van der Waals surface area contributed by atoms with E-state index in [1.807, 2.05) is 48.2 Å². The average Bonchev–Trinajstić information content (AvgIpc) is 2.89. The molecule has 7 heteroatoms. The van der Waals surface area contributed by atoms with E-state index in [-0.39, 0.29) is 10.5 Å². The lowest BCUT2D eigenvalue weighted by atomic mass is 10.1. The Morgan fingerprint density at radius 1 is 0.541 bits per heavy atom. The Balaban J connectivity index is 1.73. The fourth-order valence-corrected chi connectivity index (χ4v) is 6.17. The summed E-state index contributed by atoms with van der Waals surface area (Å²) < 4.78 is 2.06. The van der Waals surface area contributed by atoms with Crippen LogP contribution in [0.5, 0.6) is 0 Å². The second kappa shape index (κ2) is 13.8. The maximum Gasteiger partial charge on any atom is 0.0664 e. The van der Waals surface area contributed by atoms with Crippen molar-refractivity contribution in [3.63, 3.8) is 0 Å². The third-order valence-corrected chi connectivity index (χ3v) is 9.72. The molecule has 0 aliphatic rings. The van der Waals surface area contributed by atoms with Gasteiger partial charge in [-0.05, 0) is 58.7 Å². The van der Waals surface area contributed by atoms with Crippen LogP contribution < -0.4 is 0 Å². The van der Waals surface area contributed by atoms with E-state index in [1.165, 1.54) is 11.1 Å². The molecule has 37 heavy (non-hydrogen) atoms. The van der Waals surface area contributed by atoms with Crippen molar-refractivity contribution in [2.75, 3.05) is 0 Å². The number of hydrogen-bond acceptors (Lipinski definition) is 1. The van der Waals surface area contributed by atoms with Gasteiger partial charge in [0.15, 0.2) is 0 Å². The van der Waals surface area contributed by atoms with Gasteiger partial charge in [-0.2, -0.15) is 0 Å². The fraction of sp³-hybridized carbons (Fsp3) is 0.0667. The summed E-state index contributed by atoms with van der Waals surface area (Å²) in [7, 11) is 0. The molecule has 0 heterocycles. The average molecular weight is 714 g/mol. The Kier molecular flexibility index (Phi) is 10.7. The summed E-state index contributed by atoms with van der Waals surface area (Å²) in [6, 6.07) is 28.0. The normalized spacial score (nSPS) is 13.4. The SMILES string of the molecule is Clc1cccc(C=CC(SC(/C=C\c2cccc(Cl)c2Cl)c2ccc(Br)cc2)c2ccc(Br)cc2)c1Cl. The van der Waals surface area contributed by atoms with E-state index in [1.54, 1.807) is 12.1 Å². The molecular formula is C30H20Br2Cl4S. The van der Waals surface area contributed by atoms with Crippen molar-refractivity contribution >= 4 is 102 Å². The summed E-state index contributed by atoms with van der Waals surface area (Å²) in [5.41, 5.74) is 4.08. The quantitative estimate of drug-likeness (QED) is 0.175. The molecule has 188 valence electrons. The molecule has 0 saturated carbocycles. The van der Waals surface area contributed by atoms with Crippen molar-refractivity contribution in [3.05, 3.63) is 148 Å². The Morgan fingerprint density at radius 3 is 1.30 bits per heavy atom. The van der Waals surface area contributed by atoms with Gasteiger partial charge in [0.05, 0.1) is 20.1 Å². The minimum Gasteiger partial charge on any atom is -0.137 e. The number of halogens is 6. The molecular weight excluding hydrogens is 694 g/mol. The van der Waals surface area contributed by atoms with E-state index in [2.05, 4.69) is 92.5 Å². The van der Waals surface area contributed by atoms with Gasteiger partial charge in [-0.1, -0.05) is 151 Å². The summed E-state index contributed by atoms with van der Waals surface area (Å²) in [6.07, 6.45) is 8.39. The summed E-state index contributed by atoms with van der Waals surface area (Å²) in [5, 5.41) is 2.20. The first-order chi connectivity index (χ1) is 17.8. The molecule has 4 aromatic rings. The Bertz CT molecular complexity index is 1310. The highest BCUT2D eigenvalue weighted by Gasteiger charge is 2.18. The van der Waals surface area contributed by atoms with Gasteiger partial charge in [0.1, 0.15) is 0 Å². The van der Waals surface area contributed by atoms with Crippen LogP contribution in [0.1, 0.15) is 32.8 Å². The van der Waals surface area contributed by atoms with Crippen LogP contribution in [0, 0.1) is 0 Å². The van der Waals surface area contributed by atoms with Gasteiger partial charge in [-0.3, -0.25) is 0 Å². The summed E-state index contributed by atoms with van der Waals surface area (Å²) in [4.78, 5) is 0. The third kappa shape index (κ3) is 7.92. The molecule has 4 aromatic carbocycles. The standard InChI is InChI=1S/C30H20Br2Cl4S/c31-23-13-7-19(8-14-23)27(17-11-21-3-1-5-25(33)29(21)35)37-28(20-9-15-24(32)16-10-20)18-12-22-4-2-6-26(34)30(22)36/h1-18,27-28H/b17-11-,18-12?. The molecule has 0 nitrogen and oxygen atoms in total. The zero-order chi connectivity index (χ0) is 26.4. The zero-order valence-corrected chi connectivity index (χ0v) is 26.2. The molecule has 0 spiro atoms. The number of rotatable bonds is 8. The van der Waals surface area contributed by atoms with Crippen LogP contribution in [0.25, 0.3) is 12.2 Å². The topological polar surface area (TPSA) is 0 Å². The molecule has 4 rings (SSSR count). The van der Waals surface area contributed by atoms with Gasteiger partial charge in [0.25, 0.3) is 0 Å². The van der Waals surface area contributed by atoms with Crippen LogP contribution in [0.15, 0.2) is 106 Å². The lowest BCUT2D eigenvalue weighted by Crippen LogP contribution is -1.97. The van der Waals surface area contributed by atoms with Crippen molar-refractivity contribution in [1.29, 1.82) is 0 Å². The van der Waals surface area contributed by atoms with Crippen LogP contribution in [0.4, 0.5) is 0 Å². The van der Waals surface area contributed by atoms with Gasteiger partial charge in [-0.25, -0.2) is 0 Å². The second-order valence-electron chi connectivity index (χ2n) is 8.08. The summed E-state index contributed by atoms with van der Waals surface area (Å²) in [5.74, 6) is 0. The van der Waals surface area contributed by atoms with E-state index in [0.29, 0.717) is 20.1 Å². The van der Waals surface area contributed by atoms with E-state index in [4.69, 9.17) is 46.4 Å². The van der Waals surface area contributed by atoms with Crippen LogP contribution in [0.2, 0.25) is 20.1 Å². The Labute approximate surface area is 258 Å². The molecule has 0 amide bonds. The molecule has 2 atom stereocenters. The second-order valence-corrected chi connectivity index (χ2v) is 12.8. The minimum absolute atomic E-state index is 0.0243. The van der Waals surface area contributed by atoms with Crippen LogP contribution in [0.3, 0.4) is 0 Å². The first kappa shape index (κ1) is 28.8. The fourth-order valence-electron chi connectivity index (χ4n) is 3.61. The van der Waals surface area contributed by atoms with Crippen molar-refractivity contribution in [2.45, 2.75) is 10.5 Å². The van der Waals surface area contributed by atoms with Crippen molar-refractivity contribution in [2.24, 2.45) is 0 Å². The van der Waals surface area contributed by atoms with Gasteiger partial charge >= 0.3 is 0 Å². The van der Waals surface area contributed by atoms with Crippen molar-refractivity contribution in [1.82, 2.24) is 0 Å². The predicted molar refractivity (Wildman–Crippen MR) is 172 cm³/mol. The smallest absolute Gasteiger partial charge is 0.0664 e. The highest BCUT2D eigenvalue weighted by molar-refractivity contribution is 9.10. The van der Waals surface area contributed by atoms with Gasteiger partial charge in [0.2, 0.25) is 0 Å². The minimum atomic E-state index is 0.0243. The van der Waals surface area contributed by atoms with E-state index in [0.717, 1.165) is 20.1 Å². The molecule has 0 bridgehead atoms. The zero-order valence-electron chi connectivity index (χ0n) is 19.2. The largest absolute Gasteiger partial charge is 0.137 e. The third-order valence-electron chi connectivity index (χ3n) is 5.55. The first-order valence-corrected chi connectivity index (χ1v) is 15.3. The molecule has 0 N–H and O–H groups in total. The van der Waals surface area contributed by atoms with Crippen LogP contribution >= 0.6 is 90.0 Å². The van der Waals surface area contributed by atoms with Gasteiger partial charge in [0, 0.05) is 19.4 Å². The number of hydrogen-bond donors (Lipinski definition) is 0. The number of benzene rings is 4. The highest BCUT2D eigenvalue weighted by Crippen LogP contribution is 2.44. The number of thioether (sulfide) groups is 1. The summed E-state index contributed by atoms with van der Waals surface area (Å²) >= 11 is 34.4. The lowest BCUT2D eigenvalue weighted by molar-refractivity contribution is 1.17. The van der Waals surface area contributed by atoms with Crippen molar-refractivity contribution < 1.29 is 0 Å². The van der Waals surface area contributed by atoms with Crippen LogP contribution in [-0.4, -0.2) is 0 Å². The summed E-state index contributed by atoms with van der Waals surface area (Å²) in [6.45, 7) is 0. The van der Waals surface area contributed by atoms with E-state index >= 15 is 0 Å². The Morgan fingerprint density at radius 2 is 0.919 bits per heavy atom. The van der Waals surface area contributed by atoms with Crippen molar-refractivity contribution in [3.8, 4) is 0 Å². The highest BCUT2D eigenvalue weighted by atomic mass is 79.9. The molecule has 0 aliphatic heterocycles. The predicted octanol–water partition coefficient (Wildman–Crippen LogP) is 12.8. The molecule has 0 radical (unpaired) electrons. The monoisotopic (exact) mass is 710 g/mol. The molecule has 0 fully saturated rings. The Hall–Kier alpha value is -1.17. The maximum atomic E-state index is 6.47. The molecule has 0 saturated heterocycles. The lowest BCUT2D eigenvalue weighted by Gasteiger charge is -2.20. The van der Waals surface area contributed by atoms with E-state index < -0.39 is 0 Å². The maximum absolute atomic E-state index is 6.47.